The third-order valence-corrected chi connectivity index (χ3v) is 4.72. The molecule has 1 aromatic rings. The molecule has 1 atom stereocenters. The quantitative estimate of drug-likeness (QED) is 0.833. The normalized spacial score (nSPS) is 16.8. The number of carbonyl (C=O) groups excluding carboxylic acids is 2. The molecule has 1 unspecified atom stereocenters. The van der Waals surface area contributed by atoms with Crippen molar-refractivity contribution in [1.82, 2.24) is 4.90 Å². The summed E-state index contributed by atoms with van der Waals surface area (Å²) in [5, 5.41) is 8.59. The molecule has 1 heterocycles. The first-order valence-electron chi connectivity index (χ1n) is 7.53. The zero-order chi connectivity index (χ0) is 17.7. The number of likely N-dealkylation sites (N-methyl/N-ethyl adjacent to an activating group) is 1. The van der Waals surface area contributed by atoms with Crippen LogP contribution in [-0.2, 0) is 14.4 Å². The van der Waals surface area contributed by atoms with Crippen molar-refractivity contribution in [2.24, 2.45) is 0 Å². The van der Waals surface area contributed by atoms with Gasteiger partial charge in [-0.15, -0.1) is 11.8 Å². The van der Waals surface area contributed by atoms with E-state index >= 15 is 0 Å². The largest absolute Gasteiger partial charge is 0.482 e. The second-order valence-electron chi connectivity index (χ2n) is 5.31. The summed E-state index contributed by atoms with van der Waals surface area (Å²) in [6, 6.07) is 6.14. The molecular weight excluding hydrogens is 332 g/mol. The SMILES string of the molecule is CCC(=O)N1CSCC1C(=O)N(C)c1ccc(OCC(=O)O)cc1. The molecule has 0 spiro atoms. The molecule has 0 radical (unpaired) electrons. The maximum atomic E-state index is 12.7. The molecule has 8 heteroatoms. The summed E-state index contributed by atoms with van der Waals surface area (Å²) < 4.78 is 5.07. The summed E-state index contributed by atoms with van der Waals surface area (Å²) in [4.78, 5) is 38.2. The van der Waals surface area contributed by atoms with Crippen LogP contribution in [0.25, 0.3) is 0 Å². The third kappa shape index (κ3) is 4.19. The van der Waals surface area contributed by atoms with Crippen molar-refractivity contribution >= 4 is 35.2 Å². The molecule has 7 nitrogen and oxygen atoms in total. The molecule has 2 rings (SSSR count). The van der Waals surface area contributed by atoms with Crippen LogP contribution in [0.4, 0.5) is 5.69 Å². The number of carboxylic acid groups (broad SMARTS) is 1. The fraction of sp³-hybridized carbons (Fsp3) is 0.438. The molecule has 1 saturated heterocycles. The Hall–Kier alpha value is -2.22. The Kier molecular flexibility index (Phi) is 6.08. The minimum absolute atomic E-state index is 0.0239. The Morgan fingerprint density at radius 1 is 1.33 bits per heavy atom. The molecule has 1 aromatic carbocycles. The van der Waals surface area contributed by atoms with E-state index in [2.05, 4.69) is 0 Å². The number of carbonyl (C=O) groups is 3. The second kappa shape index (κ2) is 8.05. The molecule has 1 aliphatic heterocycles. The van der Waals surface area contributed by atoms with Crippen molar-refractivity contribution in [3.63, 3.8) is 0 Å². The van der Waals surface area contributed by atoms with Gasteiger partial charge in [-0.3, -0.25) is 9.59 Å². The fourth-order valence-corrected chi connectivity index (χ4v) is 3.53. The number of hydrogen-bond donors (Lipinski definition) is 1. The van der Waals surface area contributed by atoms with Crippen LogP contribution in [0, 0.1) is 0 Å². The number of anilines is 1. The summed E-state index contributed by atoms with van der Waals surface area (Å²) in [5.74, 6) is 0.338. The molecule has 0 bridgehead atoms. The van der Waals surface area contributed by atoms with Gasteiger partial charge in [0.1, 0.15) is 11.8 Å². The van der Waals surface area contributed by atoms with E-state index in [1.165, 1.54) is 4.90 Å². The van der Waals surface area contributed by atoms with Crippen LogP contribution in [-0.4, -0.2) is 59.1 Å². The summed E-state index contributed by atoms with van der Waals surface area (Å²) in [6.45, 7) is 1.37. The summed E-state index contributed by atoms with van der Waals surface area (Å²) >= 11 is 1.57. The number of benzene rings is 1. The first-order chi connectivity index (χ1) is 11.4. The smallest absolute Gasteiger partial charge is 0.341 e. The third-order valence-electron chi connectivity index (χ3n) is 3.71. The Morgan fingerprint density at radius 2 is 2.00 bits per heavy atom. The molecule has 1 fully saturated rings. The highest BCUT2D eigenvalue weighted by Gasteiger charge is 2.35. The lowest BCUT2D eigenvalue weighted by Crippen LogP contribution is -2.47. The number of rotatable bonds is 6. The summed E-state index contributed by atoms with van der Waals surface area (Å²) in [7, 11) is 1.66. The van der Waals surface area contributed by atoms with E-state index in [-0.39, 0.29) is 11.8 Å². The van der Waals surface area contributed by atoms with Gasteiger partial charge in [0.15, 0.2) is 6.61 Å². The minimum Gasteiger partial charge on any atom is -0.482 e. The van der Waals surface area contributed by atoms with E-state index in [1.807, 2.05) is 0 Å². The lowest BCUT2D eigenvalue weighted by Gasteiger charge is -2.27. The fourth-order valence-electron chi connectivity index (χ4n) is 2.36. The molecule has 1 N–H and O–H groups in total. The van der Waals surface area contributed by atoms with Gasteiger partial charge < -0.3 is 19.6 Å². The monoisotopic (exact) mass is 352 g/mol. The molecule has 130 valence electrons. The van der Waals surface area contributed by atoms with E-state index in [4.69, 9.17) is 9.84 Å². The van der Waals surface area contributed by atoms with Crippen molar-refractivity contribution in [1.29, 1.82) is 0 Å². The van der Waals surface area contributed by atoms with Gasteiger partial charge >= 0.3 is 5.97 Å². The van der Waals surface area contributed by atoms with Gasteiger partial charge in [-0.25, -0.2) is 4.79 Å². The standard InChI is InChI=1S/C16H20N2O5S/c1-3-14(19)18-10-24-9-13(18)16(22)17(2)11-4-6-12(7-5-11)23-8-15(20)21/h4-7,13H,3,8-10H2,1-2H3,(H,20,21). The van der Waals surface area contributed by atoms with Crippen molar-refractivity contribution in [2.75, 3.05) is 30.2 Å². The van der Waals surface area contributed by atoms with Gasteiger partial charge in [0.25, 0.3) is 0 Å². The molecule has 2 amide bonds. The van der Waals surface area contributed by atoms with Gasteiger partial charge in [-0.05, 0) is 24.3 Å². The van der Waals surface area contributed by atoms with E-state index in [0.717, 1.165) is 0 Å². The zero-order valence-corrected chi connectivity index (χ0v) is 14.4. The van der Waals surface area contributed by atoms with E-state index in [1.54, 1.807) is 54.9 Å². The first kappa shape index (κ1) is 18.1. The Labute approximate surface area is 144 Å². The molecule has 0 aromatic heterocycles. The van der Waals surface area contributed by atoms with Crippen LogP contribution in [0.5, 0.6) is 5.75 Å². The maximum Gasteiger partial charge on any atom is 0.341 e. The van der Waals surface area contributed by atoms with Crippen molar-refractivity contribution in [3.05, 3.63) is 24.3 Å². The molecule has 24 heavy (non-hydrogen) atoms. The zero-order valence-electron chi connectivity index (χ0n) is 13.6. The minimum atomic E-state index is -1.05. The average molecular weight is 352 g/mol. The molecular formula is C16H20N2O5S. The lowest BCUT2D eigenvalue weighted by atomic mass is 10.2. The predicted octanol–water partition coefficient (Wildman–Crippen LogP) is 1.42. The van der Waals surface area contributed by atoms with Crippen LogP contribution in [0.15, 0.2) is 24.3 Å². The number of carboxylic acids is 1. The average Bonchev–Trinajstić information content (AvgIpc) is 3.08. The topological polar surface area (TPSA) is 87.2 Å². The van der Waals surface area contributed by atoms with Gasteiger partial charge in [0.2, 0.25) is 11.8 Å². The predicted molar refractivity (Wildman–Crippen MR) is 91.2 cm³/mol. The molecule has 1 aliphatic rings. The van der Waals surface area contributed by atoms with E-state index < -0.39 is 18.6 Å². The number of nitrogens with zero attached hydrogens (tertiary/aromatic N) is 2. The molecule has 0 saturated carbocycles. The second-order valence-corrected chi connectivity index (χ2v) is 6.31. The van der Waals surface area contributed by atoms with Gasteiger partial charge in [-0.1, -0.05) is 6.92 Å². The van der Waals surface area contributed by atoms with Gasteiger partial charge in [-0.2, -0.15) is 0 Å². The van der Waals surface area contributed by atoms with Gasteiger partial charge in [0.05, 0.1) is 5.88 Å². The van der Waals surface area contributed by atoms with Crippen LogP contribution < -0.4 is 9.64 Å². The van der Waals surface area contributed by atoms with Crippen molar-refractivity contribution in [2.45, 2.75) is 19.4 Å². The van der Waals surface area contributed by atoms with Crippen LogP contribution in [0.2, 0.25) is 0 Å². The van der Waals surface area contributed by atoms with Crippen LogP contribution in [0.1, 0.15) is 13.3 Å². The number of aliphatic carboxylic acids is 1. The highest BCUT2D eigenvalue weighted by atomic mass is 32.2. The van der Waals surface area contributed by atoms with Crippen LogP contribution >= 0.6 is 11.8 Å². The van der Waals surface area contributed by atoms with Crippen molar-refractivity contribution < 1.29 is 24.2 Å². The van der Waals surface area contributed by atoms with Gasteiger partial charge in [0, 0.05) is 24.9 Å². The Morgan fingerprint density at radius 3 is 2.58 bits per heavy atom. The Balaban J connectivity index is 2.04. The lowest BCUT2D eigenvalue weighted by molar-refractivity contribution is -0.139. The number of ether oxygens (including phenoxy) is 1. The summed E-state index contributed by atoms with van der Waals surface area (Å²) in [6.07, 6.45) is 0.379. The highest BCUT2D eigenvalue weighted by molar-refractivity contribution is 7.99. The van der Waals surface area contributed by atoms with Crippen LogP contribution in [0.3, 0.4) is 0 Å². The highest BCUT2D eigenvalue weighted by Crippen LogP contribution is 2.25. The van der Waals surface area contributed by atoms with Crippen molar-refractivity contribution in [3.8, 4) is 5.75 Å². The van der Waals surface area contributed by atoms with E-state index in [0.29, 0.717) is 29.5 Å². The number of thioether (sulfide) groups is 1. The van der Waals surface area contributed by atoms with E-state index in [9.17, 15) is 14.4 Å². The first-order valence-corrected chi connectivity index (χ1v) is 8.69. The molecule has 0 aliphatic carbocycles. The summed E-state index contributed by atoms with van der Waals surface area (Å²) in [5.41, 5.74) is 0.656. The Bertz CT molecular complexity index is 619. The number of hydrogen-bond acceptors (Lipinski definition) is 5. The number of amides is 2. The maximum absolute atomic E-state index is 12.7.